The molecule has 1 amide bonds. The fourth-order valence-electron chi connectivity index (χ4n) is 7.86. The van der Waals surface area contributed by atoms with Crippen LogP contribution in [0.5, 0.6) is 11.8 Å². The SMILES string of the molecule is Cn1nc(-c2ccc(OCc3ccccc3)nc2OCc2ccccc2)c2ccc(C3CCC(CC4CCN(C(=O)OC(C)(C)C)CC4)CC3)cc21. The Balaban J connectivity index is 1.01. The van der Waals surface area contributed by atoms with Crippen molar-refractivity contribution in [1.82, 2.24) is 19.7 Å². The minimum atomic E-state index is -0.445. The van der Waals surface area contributed by atoms with E-state index in [9.17, 15) is 4.79 Å². The average Bonchev–Trinajstić information content (AvgIpc) is 3.49. The van der Waals surface area contributed by atoms with Gasteiger partial charge in [0.05, 0.1) is 11.1 Å². The lowest BCUT2D eigenvalue weighted by molar-refractivity contribution is 0.0173. The maximum absolute atomic E-state index is 12.5. The van der Waals surface area contributed by atoms with Crippen molar-refractivity contribution in [3.8, 4) is 23.0 Å². The summed E-state index contributed by atoms with van der Waals surface area (Å²) in [6.45, 7) is 8.24. The van der Waals surface area contributed by atoms with Crippen LogP contribution in [0.1, 0.15) is 88.3 Å². The normalized spacial score (nSPS) is 18.3. The van der Waals surface area contributed by atoms with Crippen LogP contribution in [0.25, 0.3) is 22.2 Å². The van der Waals surface area contributed by atoms with E-state index in [1.54, 1.807) is 0 Å². The highest BCUT2D eigenvalue weighted by Crippen LogP contribution is 2.42. The third-order valence-corrected chi connectivity index (χ3v) is 10.7. The first-order valence-corrected chi connectivity index (χ1v) is 19.0. The Hall–Kier alpha value is -4.85. The monoisotopic (exact) mass is 700 g/mol. The molecule has 8 heteroatoms. The molecule has 7 rings (SSSR count). The third-order valence-electron chi connectivity index (χ3n) is 10.7. The lowest BCUT2D eigenvalue weighted by atomic mass is 9.74. The van der Waals surface area contributed by atoms with Crippen LogP contribution < -0.4 is 9.47 Å². The number of piperidine rings is 1. The van der Waals surface area contributed by atoms with Crippen molar-refractivity contribution in [1.29, 1.82) is 0 Å². The molecule has 2 aromatic heterocycles. The van der Waals surface area contributed by atoms with E-state index in [4.69, 9.17) is 24.3 Å². The number of benzene rings is 3. The summed E-state index contributed by atoms with van der Waals surface area (Å²) in [5, 5.41) is 6.10. The summed E-state index contributed by atoms with van der Waals surface area (Å²) in [5.74, 6) is 3.04. The Morgan fingerprint density at radius 1 is 0.769 bits per heavy atom. The molecule has 0 bridgehead atoms. The van der Waals surface area contributed by atoms with Crippen molar-refractivity contribution in [2.24, 2.45) is 18.9 Å². The summed E-state index contributed by atoms with van der Waals surface area (Å²) in [6.07, 6.45) is 8.22. The zero-order chi connectivity index (χ0) is 36.1. The molecule has 5 aromatic rings. The van der Waals surface area contributed by atoms with Crippen LogP contribution in [0.2, 0.25) is 0 Å². The lowest BCUT2D eigenvalue weighted by Crippen LogP contribution is -2.42. The zero-order valence-corrected chi connectivity index (χ0v) is 31.1. The predicted molar refractivity (Wildman–Crippen MR) is 205 cm³/mol. The summed E-state index contributed by atoms with van der Waals surface area (Å²) in [6, 6.07) is 31.1. The fraction of sp³-hybridized carbons (Fsp3) is 0.432. The van der Waals surface area contributed by atoms with Gasteiger partial charge in [-0.2, -0.15) is 10.1 Å². The van der Waals surface area contributed by atoms with E-state index in [-0.39, 0.29) is 6.09 Å². The van der Waals surface area contributed by atoms with Gasteiger partial charge in [0.1, 0.15) is 24.5 Å². The molecule has 0 atom stereocenters. The first kappa shape index (κ1) is 35.5. The van der Waals surface area contributed by atoms with Crippen LogP contribution in [-0.2, 0) is 25.0 Å². The van der Waals surface area contributed by atoms with Gasteiger partial charge < -0.3 is 19.1 Å². The molecule has 0 spiro atoms. The molecule has 2 fully saturated rings. The molecule has 0 radical (unpaired) electrons. The third kappa shape index (κ3) is 8.77. The maximum Gasteiger partial charge on any atom is 0.410 e. The van der Waals surface area contributed by atoms with Crippen molar-refractivity contribution < 1.29 is 19.0 Å². The van der Waals surface area contributed by atoms with Gasteiger partial charge in [0.25, 0.3) is 0 Å². The molecule has 3 heterocycles. The molecule has 0 N–H and O–H groups in total. The van der Waals surface area contributed by atoms with Gasteiger partial charge in [-0.05, 0) is 112 Å². The number of nitrogens with zero attached hydrogens (tertiary/aromatic N) is 4. The highest BCUT2D eigenvalue weighted by molar-refractivity contribution is 5.95. The van der Waals surface area contributed by atoms with Gasteiger partial charge in [-0.25, -0.2) is 4.79 Å². The quantitative estimate of drug-likeness (QED) is 0.144. The van der Waals surface area contributed by atoms with E-state index >= 15 is 0 Å². The van der Waals surface area contributed by atoms with Crippen molar-refractivity contribution in [2.75, 3.05) is 13.1 Å². The summed E-state index contributed by atoms with van der Waals surface area (Å²) in [7, 11) is 2.02. The van der Waals surface area contributed by atoms with E-state index in [0.29, 0.717) is 36.8 Å². The second-order valence-electron chi connectivity index (χ2n) is 15.7. The molecule has 52 heavy (non-hydrogen) atoms. The molecule has 1 aliphatic carbocycles. The minimum absolute atomic E-state index is 0.167. The average molecular weight is 701 g/mol. The van der Waals surface area contributed by atoms with Crippen molar-refractivity contribution in [3.63, 3.8) is 0 Å². The summed E-state index contributed by atoms with van der Waals surface area (Å²) in [5.41, 5.74) is 5.92. The van der Waals surface area contributed by atoms with Gasteiger partial charge in [-0.15, -0.1) is 0 Å². The molecule has 1 saturated carbocycles. The van der Waals surface area contributed by atoms with Crippen LogP contribution in [0.15, 0.2) is 91.0 Å². The van der Waals surface area contributed by atoms with Crippen LogP contribution in [0.4, 0.5) is 4.79 Å². The molecule has 2 aliphatic rings. The van der Waals surface area contributed by atoms with E-state index in [1.807, 2.05) is 98.1 Å². The molecular weight excluding hydrogens is 649 g/mol. The number of rotatable bonds is 10. The first-order chi connectivity index (χ1) is 25.2. The van der Waals surface area contributed by atoms with Crippen molar-refractivity contribution >= 4 is 17.0 Å². The molecule has 8 nitrogen and oxygen atoms in total. The van der Waals surface area contributed by atoms with Crippen molar-refractivity contribution in [2.45, 2.75) is 90.4 Å². The molecule has 0 unspecified atom stereocenters. The Labute approximate surface area is 308 Å². The van der Waals surface area contributed by atoms with Gasteiger partial charge in [0.2, 0.25) is 11.8 Å². The summed E-state index contributed by atoms with van der Waals surface area (Å²) < 4.78 is 20.1. The van der Waals surface area contributed by atoms with E-state index in [0.717, 1.165) is 65.1 Å². The second kappa shape index (κ2) is 15.8. The van der Waals surface area contributed by atoms with Gasteiger partial charge >= 0.3 is 6.09 Å². The summed E-state index contributed by atoms with van der Waals surface area (Å²) in [4.78, 5) is 19.2. The Kier molecular flexibility index (Phi) is 10.8. The topological polar surface area (TPSA) is 78.7 Å². The standard InChI is InChI=1S/C44H52N4O4/c1-44(2,3)52-43(49)48-25-23-32(24-26-48)27-31-15-17-35(18-16-31)36-19-20-37-39(28-36)47(4)46-41(37)38-21-22-40(50-29-33-11-7-5-8-12-33)45-42(38)51-30-34-13-9-6-10-14-34/h5-14,19-22,28,31-32,35H,15-18,23-27,29-30H2,1-4H3. The summed E-state index contributed by atoms with van der Waals surface area (Å²) >= 11 is 0. The number of carbonyl (C=O) groups is 1. The van der Waals surface area contributed by atoms with Crippen molar-refractivity contribution in [3.05, 3.63) is 108 Å². The van der Waals surface area contributed by atoms with Gasteiger partial charge in [-0.1, -0.05) is 72.8 Å². The van der Waals surface area contributed by atoms with Crippen LogP contribution in [-0.4, -0.2) is 44.4 Å². The number of likely N-dealkylation sites (tertiary alicyclic amines) is 1. The molecule has 1 aliphatic heterocycles. The van der Waals surface area contributed by atoms with E-state index in [1.165, 1.54) is 37.7 Å². The number of aromatic nitrogens is 3. The second-order valence-corrected chi connectivity index (χ2v) is 15.7. The zero-order valence-electron chi connectivity index (χ0n) is 31.1. The number of hydrogen-bond acceptors (Lipinski definition) is 6. The van der Waals surface area contributed by atoms with E-state index < -0.39 is 5.60 Å². The van der Waals surface area contributed by atoms with Crippen LogP contribution >= 0.6 is 0 Å². The number of amides is 1. The first-order valence-electron chi connectivity index (χ1n) is 19.0. The number of carbonyl (C=O) groups excluding carboxylic acids is 1. The molecule has 1 saturated heterocycles. The number of hydrogen-bond donors (Lipinski definition) is 0. The number of pyridine rings is 1. The van der Waals surface area contributed by atoms with E-state index in [2.05, 4.69) is 30.3 Å². The van der Waals surface area contributed by atoms with Crippen LogP contribution in [0, 0.1) is 11.8 Å². The number of aryl methyl sites for hydroxylation is 1. The molecule has 272 valence electrons. The smallest absolute Gasteiger partial charge is 0.410 e. The predicted octanol–water partition coefficient (Wildman–Crippen LogP) is 10.1. The fourth-order valence-corrected chi connectivity index (χ4v) is 7.86. The highest BCUT2D eigenvalue weighted by atomic mass is 16.6. The Bertz CT molecular complexity index is 1940. The van der Waals surface area contributed by atoms with Gasteiger partial charge in [-0.3, -0.25) is 4.68 Å². The Morgan fingerprint density at radius 3 is 2.06 bits per heavy atom. The lowest BCUT2D eigenvalue weighted by Gasteiger charge is -2.36. The van der Waals surface area contributed by atoms with Gasteiger partial charge in [0, 0.05) is 31.6 Å². The molecule has 3 aromatic carbocycles. The number of fused-ring (bicyclic) bond motifs is 1. The maximum atomic E-state index is 12.5. The van der Waals surface area contributed by atoms with Gasteiger partial charge in [0.15, 0.2) is 0 Å². The largest absolute Gasteiger partial charge is 0.473 e. The Morgan fingerprint density at radius 2 is 1.40 bits per heavy atom. The van der Waals surface area contributed by atoms with Crippen LogP contribution in [0.3, 0.4) is 0 Å². The number of ether oxygens (including phenoxy) is 3. The molecular formula is C44H52N4O4. The minimum Gasteiger partial charge on any atom is -0.473 e. The highest BCUT2D eigenvalue weighted by Gasteiger charge is 2.30.